The Bertz CT molecular complexity index is 710. The first kappa shape index (κ1) is 20.2. The molecule has 0 unspecified atom stereocenters. The van der Waals surface area contributed by atoms with Gasteiger partial charge in [-0.25, -0.2) is 0 Å². The van der Waals surface area contributed by atoms with Crippen molar-refractivity contribution in [1.82, 2.24) is 10.2 Å². The summed E-state index contributed by atoms with van der Waals surface area (Å²) >= 11 is 0. The molecule has 0 atom stereocenters. The molecule has 150 valence electrons. The van der Waals surface area contributed by atoms with E-state index in [0.29, 0.717) is 12.3 Å². The molecule has 5 heteroatoms. The average Bonchev–Trinajstić information content (AvgIpc) is 2.73. The van der Waals surface area contributed by atoms with Crippen molar-refractivity contribution in [2.24, 2.45) is 5.92 Å². The second kappa shape index (κ2) is 10.7. The molecule has 1 N–H and O–H groups in total. The smallest absolute Gasteiger partial charge is 0.257 e. The van der Waals surface area contributed by atoms with E-state index in [0.717, 1.165) is 30.4 Å². The van der Waals surface area contributed by atoms with Gasteiger partial charge in [0.2, 0.25) is 0 Å². The molecule has 28 heavy (non-hydrogen) atoms. The highest BCUT2D eigenvalue weighted by Gasteiger charge is 2.14. The van der Waals surface area contributed by atoms with Crippen LogP contribution in [-0.2, 0) is 4.79 Å². The number of hydrogen-bond donors (Lipinski definition) is 1. The van der Waals surface area contributed by atoms with Crippen LogP contribution in [0.5, 0.6) is 17.2 Å². The van der Waals surface area contributed by atoms with Gasteiger partial charge >= 0.3 is 0 Å². The predicted molar refractivity (Wildman–Crippen MR) is 111 cm³/mol. The molecule has 1 amide bonds. The number of nitrogens with one attached hydrogen (secondary N) is 1. The zero-order chi connectivity index (χ0) is 19.6. The van der Waals surface area contributed by atoms with E-state index in [1.165, 1.54) is 25.9 Å². The molecule has 1 aliphatic rings. The van der Waals surface area contributed by atoms with Gasteiger partial charge in [-0.1, -0.05) is 25.1 Å². The standard InChI is InChI=1S/C23H30N2O3/c1-19-12-16-25(17-13-19)15-5-14-24-23(26)18-27-20-8-10-22(11-9-20)28-21-6-3-2-4-7-21/h2-4,6-11,19H,5,12-18H2,1H3,(H,24,26). The van der Waals surface area contributed by atoms with E-state index < -0.39 is 0 Å². The molecule has 0 radical (unpaired) electrons. The number of para-hydroxylation sites is 1. The third kappa shape index (κ3) is 6.89. The summed E-state index contributed by atoms with van der Waals surface area (Å²) in [5.41, 5.74) is 0. The normalized spacial score (nSPS) is 15.2. The Balaban J connectivity index is 1.30. The van der Waals surface area contributed by atoms with Crippen molar-refractivity contribution in [2.75, 3.05) is 32.8 Å². The maximum Gasteiger partial charge on any atom is 0.257 e. The maximum atomic E-state index is 11.9. The molecule has 0 aromatic heterocycles. The molecule has 2 aromatic carbocycles. The van der Waals surface area contributed by atoms with Gasteiger partial charge in [0.1, 0.15) is 17.2 Å². The van der Waals surface area contributed by atoms with Gasteiger partial charge in [0, 0.05) is 6.54 Å². The first-order valence-corrected chi connectivity index (χ1v) is 10.1. The van der Waals surface area contributed by atoms with E-state index in [-0.39, 0.29) is 12.5 Å². The largest absolute Gasteiger partial charge is 0.484 e. The molecular weight excluding hydrogens is 352 g/mol. The molecule has 1 aliphatic heterocycles. The number of carbonyl (C=O) groups excluding carboxylic acids is 1. The van der Waals surface area contributed by atoms with Gasteiger partial charge in [-0.3, -0.25) is 4.79 Å². The SMILES string of the molecule is CC1CCN(CCCNC(=O)COc2ccc(Oc3ccccc3)cc2)CC1. The van der Waals surface area contributed by atoms with Gasteiger partial charge in [0.05, 0.1) is 0 Å². The van der Waals surface area contributed by atoms with Crippen LogP contribution in [0.1, 0.15) is 26.2 Å². The Morgan fingerprint density at radius 3 is 2.36 bits per heavy atom. The summed E-state index contributed by atoms with van der Waals surface area (Å²) in [6.45, 7) is 6.46. The minimum atomic E-state index is -0.0862. The first-order chi connectivity index (χ1) is 13.7. The van der Waals surface area contributed by atoms with Gasteiger partial charge in [0.25, 0.3) is 5.91 Å². The minimum Gasteiger partial charge on any atom is -0.484 e. The zero-order valence-electron chi connectivity index (χ0n) is 16.6. The second-order valence-corrected chi connectivity index (χ2v) is 7.40. The van der Waals surface area contributed by atoms with E-state index >= 15 is 0 Å². The monoisotopic (exact) mass is 382 g/mol. The maximum absolute atomic E-state index is 11.9. The number of piperidine rings is 1. The predicted octanol–water partition coefficient (Wildman–Crippen LogP) is 4.10. The van der Waals surface area contributed by atoms with Crippen molar-refractivity contribution >= 4 is 5.91 Å². The number of carbonyl (C=O) groups is 1. The van der Waals surface area contributed by atoms with Gasteiger partial charge in [-0.05, 0) is 81.2 Å². The molecular formula is C23H30N2O3. The Morgan fingerprint density at radius 1 is 1.00 bits per heavy atom. The minimum absolute atomic E-state index is 0.0279. The summed E-state index contributed by atoms with van der Waals surface area (Å²) in [4.78, 5) is 14.4. The summed E-state index contributed by atoms with van der Waals surface area (Å²) in [7, 11) is 0. The highest BCUT2D eigenvalue weighted by Crippen LogP contribution is 2.23. The quantitative estimate of drug-likeness (QED) is 0.664. The lowest BCUT2D eigenvalue weighted by Crippen LogP contribution is -2.36. The van der Waals surface area contributed by atoms with Crippen LogP contribution in [0.25, 0.3) is 0 Å². The van der Waals surface area contributed by atoms with Gasteiger partial charge < -0.3 is 19.7 Å². The first-order valence-electron chi connectivity index (χ1n) is 10.1. The van der Waals surface area contributed by atoms with Crippen molar-refractivity contribution in [3.8, 4) is 17.2 Å². The molecule has 2 aromatic rings. The van der Waals surface area contributed by atoms with Crippen molar-refractivity contribution in [1.29, 1.82) is 0 Å². The zero-order valence-corrected chi connectivity index (χ0v) is 16.6. The lowest BCUT2D eigenvalue weighted by Gasteiger charge is -2.30. The van der Waals surface area contributed by atoms with Gasteiger partial charge in [-0.2, -0.15) is 0 Å². The average molecular weight is 383 g/mol. The number of ether oxygens (including phenoxy) is 2. The van der Waals surface area contributed by atoms with Crippen molar-refractivity contribution in [3.05, 3.63) is 54.6 Å². The second-order valence-electron chi connectivity index (χ2n) is 7.40. The van der Waals surface area contributed by atoms with Crippen LogP contribution in [0.15, 0.2) is 54.6 Å². The summed E-state index contributed by atoms with van der Waals surface area (Å²) in [5, 5.41) is 2.93. The molecule has 1 heterocycles. The number of benzene rings is 2. The number of hydrogen-bond acceptors (Lipinski definition) is 4. The van der Waals surface area contributed by atoms with Crippen molar-refractivity contribution in [3.63, 3.8) is 0 Å². The van der Waals surface area contributed by atoms with E-state index in [1.807, 2.05) is 54.6 Å². The Morgan fingerprint density at radius 2 is 1.64 bits per heavy atom. The fourth-order valence-corrected chi connectivity index (χ4v) is 3.24. The number of rotatable bonds is 9. The van der Waals surface area contributed by atoms with E-state index in [2.05, 4.69) is 17.1 Å². The van der Waals surface area contributed by atoms with Crippen LogP contribution in [-0.4, -0.2) is 43.6 Å². The van der Waals surface area contributed by atoms with Crippen molar-refractivity contribution < 1.29 is 14.3 Å². The summed E-state index contributed by atoms with van der Waals surface area (Å²) in [6, 6.07) is 16.9. The fraction of sp³-hybridized carbons (Fsp3) is 0.435. The molecule has 1 fully saturated rings. The summed E-state index contributed by atoms with van der Waals surface area (Å²) < 4.78 is 11.3. The third-order valence-corrected chi connectivity index (χ3v) is 5.02. The number of nitrogens with zero attached hydrogens (tertiary/aromatic N) is 1. The molecule has 0 bridgehead atoms. The fourth-order valence-electron chi connectivity index (χ4n) is 3.24. The number of amides is 1. The lowest BCUT2D eigenvalue weighted by atomic mass is 9.99. The molecule has 5 nitrogen and oxygen atoms in total. The topological polar surface area (TPSA) is 50.8 Å². The van der Waals surface area contributed by atoms with E-state index in [4.69, 9.17) is 9.47 Å². The van der Waals surface area contributed by atoms with Crippen LogP contribution < -0.4 is 14.8 Å². The van der Waals surface area contributed by atoms with Crippen molar-refractivity contribution in [2.45, 2.75) is 26.2 Å². The van der Waals surface area contributed by atoms with Crippen LogP contribution in [0, 0.1) is 5.92 Å². The molecule has 3 rings (SSSR count). The Kier molecular flexibility index (Phi) is 7.73. The van der Waals surface area contributed by atoms with E-state index in [9.17, 15) is 4.79 Å². The highest BCUT2D eigenvalue weighted by molar-refractivity contribution is 5.77. The highest BCUT2D eigenvalue weighted by atomic mass is 16.5. The third-order valence-electron chi connectivity index (χ3n) is 5.02. The Labute approximate surface area is 167 Å². The molecule has 0 saturated carbocycles. The van der Waals surface area contributed by atoms with Crippen LogP contribution in [0.3, 0.4) is 0 Å². The van der Waals surface area contributed by atoms with Gasteiger partial charge in [-0.15, -0.1) is 0 Å². The summed E-state index contributed by atoms with van der Waals surface area (Å²) in [6.07, 6.45) is 3.55. The van der Waals surface area contributed by atoms with Gasteiger partial charge in [0.15, 0.2) is 6.61 Å². The lowest BCUT2D eigenvalue weighted by molar-refractivity contribution is -0.123. The van der Waals surface area contributed by atoms with E-state index in [1.54, 1.807) is 0 Å². The number of likely N-dealkylation sites (tertiary alicyclic amines) is 1. The molecule has 0 aliphatic carbocycles. The van der Waals surface area contributed by atoms with Crippen LogP contribution in [0.2, 0.25) is 0 Å². The molecule has 1 saturated heterocycles. The molecule has 0 spiro atoms. The van der Waals surface area contributed by atoms with Crippen LogP contribution >= 0.6 is 0 Å². The summed E-state index contributed by atoms with van der Waals surface area (Å²) in [5.74, 6) is 2.94. The Hall–Kier alpha value is -2.53. The van der Waals surface area contributed by atoms with Crippen LogP contribution in [0.4, 0.5) is 0 Å².